The van der Waals surface area contributed by atoms with E-state index in [1.807, 2.05) is 28.8 Å². The Kier molecular flexibility index (Phi) is 5.49. The Labute approximate surface area is 177 Å². The van der Waals surface area contributed by atoms with E-state index >= 15 is 0 Å². The minimum absolute atomic E-state index is 0.0318. The average molecular weight is 465 g/mol. The molecule has 28 heavy (non-hydrogen) atoms. The lowest BCUT2D eigenvalue weighted by atomic mass is 9.81. The summed E-state index contributed by atoms with van der Waals surface area (Å²) in [5.41, 5.74) is 1.59. The van der Waals surface area contributed by atoms with Gasteiger partial charge in [0.2, 0.25) is 0 Å². The van der Waals surface area contributed by atoms with Crippen LogP contribution < -0.4 is 16.0 Å². The van der Waals surface area contributed by atoms with Crippen LogP contribution in [0.15, 0.2) is 38.9 Å². The highest BCUT2D eigenvalue weighted by molar-refractivity contribution is 9.11. The molecule has 2 aliphatic rings. The fourth-order valence-corrected chi connectivity index (χ4v) is 6.30. The van der Waals surface area contributed by atoms with E-state index in [9.17, 15) is 9.59 Å². The number of aryl methyl sites for hydroxylation is 1. The Hall–Kier alpha value is -1.47. The molecule has 0 amide bonds. The zero-order valence-corrected chi connectivity index (χ0v) is 18.8. The van der Waals surface area contributed by atoms with Gasteiger partial charge in [-0.25, -0.2) is 4.79 Å². The third kappa shape index (κ3) is 3.26. The van der Waals surface area contributed by atoms with Crippen LogP contribution in [0, 0.1) is 5.92 Å². The van der Waals surface area contributed by atoms with E-state index in [-0.39, 0.29) is 27.4 Å². The van der Waals surface area contributed by atoms with E-state index in [0.717, 1.165) is 34.7 Å². The Morgan fingerprint density at radius 1 is 1.21 bits per heavy atom. The fourth-order valence-electron chi connectivity index (χ4n) is 4.26. The topological polar surface area (TPSA) is 53.2 Å². The maximum Gasteiger partial charge on any atom is 0.332 e. The summed E-state index contributed by atoms with van der Waals surface area (Å²) in [6.07, 6.45) is 2.48. The number of benzene rings is 1. The van der Waals surface area contributed by atoms with Crippen molar-refractivity contribution in [1.29, 1.82) is 0 Å². The average Bonchev–Trinajstić information content (AvgIpc) is 2.95. The maximum absolute atomic E-state index is 13.3. The first-order valence-corrected chi connectivity index (χ1v) is 11.5. The summed E-state index contributed by atoms with van der Waals surface area (Å²) in [5.74, 6) is 1.48. The molecule has 150 valence electrons. The number of fused-ring (bicyclic) bond motifs is 1. The summed E-state index contributed by atoms with van der Waals surface area (Å²) in [5, 5.41) is 0.822. The van der Waals surface area contributed by atoms with Crippen molar-refractivity contribution >= 4 is 27.7 Å². The highest BCUT2D eigenvalue weighted by atomic mass is 79.9. The zero-order chi connectivity index (χ0) is 20.0. The lowest BCUT2D eigenvalue weighted by Gasteiger charge is -2.34. The molecule has 7 heteroatoms. The van der Waals surface area contributed by atoms with Crippen molar-refractivity contribution in [2.24, 2.45) is 5.92 Å². The second-order valence-corrected chi connectivity index (χ2v) is 10.6. The van der Waals surface area contributed by atoms with Crippen LogP contribution in [-0.4, -0.2) is 20.4 Å². The predicted molar refractivity (Wildman–Crippen MR) is 116 cm³/mol. The Bertz CT molecular complexity index is 1010. The number of aromatic nitrogens is 2. The number of para-hydroxylation sites is 1. The van der Waals surface area contributed by atoms with E-state index < -0.39 is 0 Å². The van der Waals surface area contributed by atoms with Gasteiger partial charge < -0.3 is 4.74 Å². The number of rotatable bonds is 5. The molecule has 0 radical (unpaired) electrons. The first-order valence-electron chi connectivity index (χ1n) is 9.74. The Morgan fingerprint density at radius 3 is 2.61 bits per heavy atom. The monoisotopic (exact) mass is 464 g/mol. The molecule has 1 fully saturated rings. The van der Waals surface area contributed by atoms with Gasteiger partial charge in [-0.1, -0.05) is 59.7 Å². The van der Waals surface area contributed by atoms with Crippen LogP contribution in [0.5, 0.6) is 5.75 Å². The number of alkyl halides is 1. The summed E-state index contributed by atoms with van der Waals surface area (Å²) in [6, 6.07) is 7.91. The Morgan fingerprint density at radius 2 is 1.93 bits per heavy atom. The van der Waals surface area contributed by atoms with Crippen LogP contribution in [0.3, 0.4) is 0 Å². The van der Waals surface area contributed by atoms with Crippen molar-refractivity contribution < 1.29 is 4.74 Å². The van der Waals surface area contributed by atoms with Crippen molar-refractivity contribution in [3.05, 3.63) is 56.2 Å². The number of thioether (sulfide) groups is 1. The molecule has 1 aliphatic heterocycles. The van der Waals surface area contributed by atoms with Gasteiger partial charge in [0.15, 0.2) is 0 Å². The van der Waals surface area contributed by atoms with Gasteiger partial charge in [-0.15, -0.1) is 0 Å². The van der Waals surface area contributed by atoms with Crippen molar-refractivity contribution in [2.45, 2.75) is 60.8 Å². The molecule has 1 aromatic heterocycles. The van der Waals surface area contributed by atoms with Crippen molar-refractivity contribution in [3.63, 3.8) is 0 Å². The second kappa shape index (κ2) is 7.75. The Balaban J connectivity index is 1.77. The fraction of sp³-hybridized carbons (Fsp3) is 0.524. The van der Waals surface area contributed by atoms with Crippen LogP contribution in [0.2, 0.25) is 0 Å². The molecule has 4 rings (SSSR count). The smallest absolute Gasteiger partial charge is 0.332 e. The van der Waals surface area contributed by atoms with Gasteiger partial charge >= 0.3 is 5.69 Å². The summed E-state index contributed by atoms with van der Waals surface area (Å²) >= 11 is 5.26. The predicted octanol–water partition coefficient (Wildman–Crippen LogP) is 4.16. The molecule has 1 aliphatic carbocycles. The minimum atomic E-state index is -0.170. The molecular weight excluding hydrogens is 440 g/mol. The number of nitrogens with zero attached hydrogens (tertiary/aromatic N) is 2. The van der Waals surface area contributed by atoms with Crippen LogP contribution in [-0.2, 0) is 13.0 Å². The molecule has 1 saturated carbocycles. The van der Waals surface area contributed by atoms with Crippen LogP contribution in [0.1, 0.15) is 49.8 Å². The first kappa shape index (κ1) is 19.8. The standard InChI is InChI=1S/C21H25BrN2O3S/c1-12-10-15(11-12)24-19(25)17-13(2)18(22)28-20(17)23(21(24)26)9-8-14-6-4-5-7-16(14)27-3/h4-7,12-13,15,18H,8-11H2,1-3H3. The lowest BCUT2D eigenvalue weighted by molar-refractivity contribution is 0.200. The molecule has 0 saturated heterocycles. The normalized spacial score (nSPS) is 26.0. The van der Waals surface area contributed by atoms with Crippen molar-refractivity contribution in [3.8, 4) is 5.75 Å². The lowest BCUT2D eigenvalue weighted by Crippen LogP contribution is -2.47. The number of ether oxygens (including phenoxy) is 1. The molecule has 5 nitrogen and oxygen atoms in total. The van der Waals surface area contributed by atoms with Crippen LogP contribution in [0.4, 0.5) is 0 Å². The van der Waals surface area contributed by atoms with Gasteiger partial charge in [-0.05, 0) is 36.8 Å². The maximum atomic E-state index is 13.3. The highest BCUT2D eigenvalue weighted by Gasteiger charge is 2.38. The molecule has 0 spiro atoms. The summed E-state index contributed by atoms with van der Waals surface area (Å²) in [7, 11) is 1.66. The number of hydrogen-bond donors (Lipinski definition) is 0. The number of halogens is 1. The molecule has 0 bridgehead atoms. The summed E-state index contributed by atoms with van der Waals surface area (Å²) < 4.78 is 8.91. The van der Waals surface area contributed by atoms with Gasteiger partial charge in [-0.2, -0.15) is 0 Å². The van der Waals surface area contributed by atoms with Gasteiger partial charge in [0, 0.05) is 18.5 Å². The largest absolute Gasteiger partial charge is 0.496 e. The summed E-state index contributed by atoms with van der Waals surface area (Å²) in [4.78, 5) is 26.5. The molecule has 2 heterocycles. The van der Waals surface area contributed by atoms with Gasteiger partial charge in [0.25, 0.3) is 5.56 Å². The van der Waals surface area contributed by atoms with E-state index in [1.165, 1.54) is 4.57 Å². The molecule has 2 unspecified atom stereocenters. The molecule has 0 N–H and O–H groups in total. The molecule has 2 atom stereocenters. The van der Waals surface area contributed by atoms with E-state index in [2.05, 4.69) is 29.8 Å². The van der Waals surface area contributed by atoms with Gasteiger partial charge in [0.1, 0.15) is 5.75 Å². The third-order valence-corrected chi connectivity index (χ3v) is 8.60. The number of hydrogen-bond acceptors (Lipinski definition) is 4. The quantitative estimate of drug-likeness (QED) is 0.492. The SMILES string of the molecule is COc1ccccc1CCn1c2c(c(=O)n(C3CC(C)C3)c1=O)C(C)C(Br)S2. The second-order valence-electron chi connectivity index (χ2n) is 7.88. The zero-order valence-electron chi connectivity index (χ0n) is 16.4. The highest BCUT2D eigenvalue weighted by Crippen LogP contribution is 2.46. The van der Waals surface area contributed by atoms with Crippen LogP contribution >= 0.6 is 27.7 Å². The van der Waals surface area contributed by atoms with E-state index in [0.29, 0.717) is 18.9 Å². The third-order valence-electron chi connectivity index (χ3n) is 5.95. The molecule has 1 aromatic carbocycles. The first-order chi connectivity index (χ1) is 13.4. The molecule has 2 aromatic rings. The van der Waals surface area contributed by atoms with E-state index in [1.54, 1.807) is 18.9 Å². The van der Waals surface area contributed by atoms with Crippen molar-refractivity contribution in [1.82, 2.24) is 9.13 Å². The van der Waals surface area contributed by atoms with E-state index in [4.69, 9.17) is 4.74 Å². The number of methoxy groups -OCH3 is 1. The summed E-state index contributed by atoms with van der Waals surface area (Å²) in [6.45, 7) is 4.76. The van der Waals surface area contributed by atoms with Crippen molar-refractivity contribution in [2.75, 3.05) is 7.11 Å². The van der Waals surface area contributed by atoms with Crippen LogP contribution in [0.25, 0.3) is 0 Å². The minimum Gasteiger partial charge on any atom is -0.496 e. The molecular formula is C21H25BrN2O3S. The van der Waals surface area contributed by atoms with Gasteiger partial charge in [-0.3, -0.25) is 13.9 Å². The van der Waals surface area contributed by atoms with Gasteiger partial charge in [0.05, 0.1) is 21.9 Å².